The van der Waals surface area contributed by atoms with Crippen molar-refractivity contribution >= 4 is 16.7 Å². The Morgan fingerprint density at radius 3 is 2.52 bits per heavy atom. The molecule has 0 saturated heterocycles. The Labute approximate surface area is 147 Å². The van der Waals surface area contributed by atoms with E-state index in [9.17, 15) is 0 Å². The van der Waals surface area contributed by atoms with Crippen molar-refractivity contribution in [3.05, 3.63) is 46.8 Å². The lowest BCUT2D eigenvalue weighted by Gasteiger charge is -2.30. The van der Waals surface area contributed by atoms with E-state index in [-0.39, 0.29) is 0 Å². The van der Waals surface area contributed by atoms with Crippen LogP contribution in [-0.2, 0) is 13.0 Å². The molecule has 0 spiro atoms. The van der Waals surface area contributed by atoms with Gasteiger partial charge in [0.05, 0.1) is 19.7 Å². The first-order valence-corrected chi connectivity index (χ1v) is 8.55. The van der Waals surface area contributed by atoms with Crippen LogP contribution in [0.15, 0.2) is 24.4 Å². The van der Waals surface area contributed by atoms with Crippen molar-refractivity contribution in [3.8, 4) is 11.5 Å². The number of hydrogen-bond donors (Lipinski definition) is 1. The minimum atomic E-state index is 0.779. The number of fused-ring (bicyclic) bond motifs is 2. The number of nitrogens with zero attached hydrogens (tertiary/aromatic N) is 2. The second kappa shape index (κ2) is 5.99. The number of benzene rings is 1. The van der Waals surface area contributed by atoms with Gasteiger partial charge >= 0.3 is 0 Å². The first-order chi connectivity index (χ1) is 12.1. The Bertz CT molecular complexity index is 946. The Kier molecular flexibility index (Phi) is 3.79. The van der Waals surface area contributed by atoms with Gasteiger partial charge in [-0.1, -0.05) is 0 Å². The third-order valence-corrected chi connectivity index (χ3v) is 5.23. The monoisotopic (exact) mass is 337 g/mol. The SMILES string of the molecule is COc1cc2c(cc1OC)CN(c1nccc3c(C)c(C)[nH]c13)CC2. The lowest BCUT2D eigenvalue weighted by Crippen LogP contribution is -2.31. The molecule has 4 rings (SSSR count). The molecule has 130 valence electrons. The summed E-state index contributed by atoms with van der Waals surface area (Å²) in [6.45, 7) is 6.02. The van der Waals surface area contributed by atoms with E-state index in [1.165, 1.54) is 27.8 Å². The molecular formula is C20H23N3O2. The Morgan fingerprint density at radius 1 is 1.08 bits per heavy atom. The number of aromatic amines is 1. The van der Waals surface area contributed by atoms with E-state index in [1.54, 1.807) is 14.2 Å². The molecule has 5 heteroatoms. The second-order valence-electron chi connectivity index (χ2n) is 6.58. The molecule has 25 heavy (non-hydrogen) atoms. The number of aromatic nitrogens is 2. The summed E-state index contributed by atoms with van der Waals surface area (Å²) < 4.78 is 10.9. The normalized spacial score (nSPS) is 13.8. The molecule has 1 aromatic carbocycles. The number of methoxy groups -OCH3 is 2. The molecule has 0 amide bonds. The maximum atomic E-state index is 5.47. The van der Waals surface area contributed by atoms with Crippen LogP contribution in [0.25, 0.3) is 10.9 Å². The van der Waals surface area contributed by atoms with E-state index in [0.29, 0.717) is 0 Å². The summed E-state index contributed by atoms with van der Waals surface area (Å²) in [5.74, 6) is 2.60. The average molecular weight is 337 g/mol. The van der Waals surface area contributed by atoms with Crippen LogP contribution in [0.4, 0.5) is 5.82 Å². The molecule has 0 fully saturated rings. The molecular weight excluding hydrogens is 314 g/mol. The average Bonchev–Trinajstić information content (AvgIpc) is 2.94. The molecule has 0 radical (unpaired) electrons. The summed E-state index contributed by atoms with van der Waals surface area (Å²) >= 11 is 0. The van der Waals surface area contributed by atoms with Gasteiger partial charge in [-0.2, -0.15) is 0 Å². The van der Waals surface area contributed by atoms with Gasteiger partial charge < -0.3 is 19.4 Å². The van der Waals surface area contributed by atoms with Gasteiger partial charge in [-0.25, -0.2) is 4.98 Å². The predicted octanol–water partition coefficient (Wildman–Crippen LogP) is 3.76. The van der Waals surface area contributed by atoms with Crippen molar-refractivity contribution in [3.63, 3.8) is 0 Å². The molecule has 3 heterocycles. The number of H-pyrrole nitrogens is 1. The zero-order valence-corrected chi connectivity index (χ0v) is 15.1. The van der Waals surface area contributed by atoms with Gasteiger partial charge in [0.1, 0.15) is 0 Å². The number of ether oxygens (including phenoxy) is 2. The smallest absolute Gasteiger partial charge is 0.161 e. The summed E-state index contributed by atoms with van der Waals surface area (Å²) in [4.78, 5) is 10.5. The Hall–Kier alpha value is -2.69. The quantitative estimate of drug-likeness (QED) is 0.791. The number of rotatable bonds is 3. The molecule has 0 atom stereocenters. The van der Waals surface area contributed by atoms with E-state index in [4.69, 9.17) is 9.47 Å². The molecule has 5 nitrogen and oxygen atoms in total. The van der Waals surface area contributed by atoms with Crippen LogP contribution in [0.5, 0.6) is 11.5 Å². The van der Waals surface area contributed by atoms with Crippen molar-refractivity contribution in [1.29, 1.82) is 0 Å². The lowest BCUT2D eigenvalue weighted by molar-refractivity contribution is 0.353. The van der Waals surface area contributed by atoms with Gasteiger partial charge in [-0.3, -0.25) is 0 Å². The topological polar surface area (TPSA) is 50.4 Å². The lowest BCUT2D eigenvalue weighted by atomic mass is 9.98. The van der Waals surface area contributed by atoms with Crippen LogP contribution in [0.2, 0.25) is 0 Å². The highest BCUT2D eigenvalue weighted by molar-refractivity contribution is 5.92. The molecule has 0 aliphatic carbocycles. The van der Waals surface area contributed by atoms with Crippen LogP contribution in [0.1, 0.15) is 22.4 Å². The van der Waals surface area contributed by atoms with Crippen molar-refractivity contribution in [2.75, 3.05) is 25.7 Å². The van der Waals surface area contributed by atoms with Crippen molar-refractivity contribution in [1.82, 2.24) is 9.97 Å². The first-order valence-electron chi connectivity index (χ1n) is 8.55. The Balaban J connectivity index is 1.75. The summed E-state index contributed by atoms with van der Waals surface area (Å²) in [5, 5.41) is 1.25. The third kappa shape index (κ3) is 2.51. The minimum absolute atomic E-state index is 0.779. The van der Waals surface area contributed by atoms with Gasteiger partial charge in [0.25, 0.3) is 0 Å². The maximum Gasteiger partial charge on any atom is 0.161 e. The zero-order chi connectivity index (χ0) is 17.6. The fourth-order valence-corrected chi connectivity index (χ4v) is 3.67. The molecule has 1 N–H and O–H groups in total. The van der Waals surface area contributed by atoms with Crippen LogP contribution >= 0.6 is 0 Å². The standard InChI is InChI=1S/C20H23N3O2/c1-12-13(2)22-19-16(12)5-7-21-20(19)23-8-6-14-9-17(24-3)18(25-4)10-15(14)11-23/h5,7,9-10,22H,6,8,11H2,1-4H3. The van der Waals surface area contributed by atoms with Gasteiger partial charge in [-0.05, 0) is 55.2 Å². The zero-order valence-electron chi connectivity index (χ0n) is 15.1. The highest BCUT2D eigenvalue weighted by Crippen LogP contribution is 2.35. The maximum absolute atomic E-state index is 5.47. The second-order valence-corrected chi connectivity index (χ2v) is 6.58. The highest BCUT2D eigenvalue weighted by Gasteiger charge is 2.22. The molecule has 2 aromatic heterocycles. The van der Waals surface area contributed by atoms with Crippen LogP contribution < -0.4 is 14.4 Å². The summed E-state index contributed by atoms with van der Waals surface area (Å²) in [6.07, 6.45) is 2.87. The summed E-state index contributed by atoms with van der Waals surface area (Å²) in [7, 11) is 3.36. The molecule has 0 saturated carbocycles. The minimum Gasteiger partial charge on any atom is -0.493 e. The number of nitrogens with one attached hydrogen (secondary N) is 1. The fourth-order valence-electron chi connectivity index (χ4n) is 3.67. The summed E-state index contributed by atoms with van der Waals surface area (Å²) in [6, 6.07) is 6.28. The number of aryl methyl sites for hydroxylation is 2. The van der Waals surface area contributed by atoms with E-state index in [1.807, 2.05) is 6.20 Å². The van der Waals surface area contributed by atoms with Crippen LogP contribution in [0.3, 0.4) is 0 Å². The Morgan fingerprint density at radius 2 is 1.80 bits per heavy atom. The molecule has 0 unspecified atom stereocenters. The summed E-state index contributed by atoms with van der Waals surface area (Å²) in [5.41, 5.74) is 6.21. The molecule has 3 aromatic rings. The van der Waals surface area contributed by atoms with Crippen molar-refractivity contribution in [2.24, 2.45) is 0 Å². The van der Waals surface area contributed by atoms with E-state index in [0.717, 1.165) is 42.3 Å². The van der Waals surface area contributed by atoms with Gasteiger partial charge in [0, 0.05) is 30.4 Å². The molecule has 1 aliphatic heterocycles. The van der Waals surface area contributed by atoms with E-state index >= 15 is 0 Å². The van der Waals surface area contributed by atoms with Gasteiger partial charge in [-0.15, -0.1) is 0 Å². The van der Waals surface area contributed by atoms with Gasteiger partial charge in [0.15, 0.2) is 17.3 Å². The van der Waals surface area contributed by atoms with E-state index < -0.39 is 0 Å². The van der Waals surface area contributed by atoms with Crippen LogP contribution in [-0.4, -0.2) is 30.7 Å². The first kappa shape index (κ1) is 15.8. The van der Waals surface area contributed by atoms with Crippen LogP contribution in [0, 0.1) is 13.8 Å². The number of anilines is 1. The molecule has 0 bridgehead atoms. The third-order valence-electron chi connectivity index (χ3n) is 5.23. The fraction of sp³-hybridized carbons (Fsp3) is 0.350. The number of hydrogen-bond acceptors (Lipinski definition) is 4. The van der Waals surface area contributed by atoms with E-state index in [2.05, 4.69) is 46.9 Å². The van der Waals surface area contributed by atoms with Crippen molar-refractivity contribution < 1.29 is 9.47 Å². The molecule has 1 aliphatic rings. The predicted molar refractivity (Wildman–Crippen MR) is 99.9 cm³/mol. The highest BCUT2D eigenvalue weighted by atomic mass is 16.5. The largest absolute Gasteiger partial charge is 0.493 e. The van der Waals surface area contributed by atoms with Crippen molar-refractivity contribution in [2.45, 2.75) is 26.8 Å². The number of pyridine rings is 1. The van der Waals surface area contributed by atoms with Gasteiger partial charge in [0.2, 0.25) is 0 Å².